The summed E-state index contributed by atoms with van der Waals surface area (Å²) in [5.74, 6) is 4.87. The van der Waals surface area contributed by atoms with E-state index in [4.69, 9.17) is 0 Å². The van der Waals surface area contributed by atoms with Crippen LogP contribution in [0.3, 0.4) is 0 Å². The van der Waals surface area contributed by atoms with Gasteiger partial charge in [0.2, 0.25) is 0 Å². The van der Waals surface area contributed by atoms with Crippen LogP contribution in [0.25, 0.3) is 0 Å². The van der Waals surface area contributed by atoms with Gasteiger partial charge in [-0.05, 0) is 67.6 Å². The van der Waals surface area contributed by atoms with Gasteiger partial charge in [0.15, 0.2) is 0 Å². The van der Waals surface area contributed by atoms with Gasteiger partial charge in [0.25, 0.3) is 0 Å². The maximum atomic E-state index is 1.65. The molecule has 0 heterocycles. The smallest absolute Gasteiger partial charge is 0.0232 e. The highest BCUT2D eigenvalue weighted by Crippen LogP contribution is 2.79. The van der Waals surface area contributed by atoms with Gasteiger partial charge in [0, 0.05) is 0 Å². The average molecular weight is 148 g/mol. The molecule has 1 spiro atoms. The van der Waals surface area contributed by atoms with Crippen molar-refractivity contribution in [3.05, 3.63) is 0 Å². The lowest BCUT2D eigenvalue weighted by Gasteiger charge is -2.46. The zero-order valence-electron chi connectivity index (χ0n) is 7.05. The van der Waals surface area contributed by atoms with E-state index in [-0.39, 0.29) is 0 Å². The lowest BCUT2D eigenvalue weighted by Crippen LogP contribution is -2.38. The molecule has 11 heavy (non-hydrogen) atoms. The van der Waals surface area contributed by atoms with E-state index in [1.165, 1.54) is 23.7 Å². The van der Waals surface area contributed by atoms with Gasteiger partial charge >= 0.3 is 0 Å². The summed E-state index contributed by atoms with van der Waals surface area (Å²) >= 11 is 0. The van der Waals surface area contributed by atoms with E-state index < -0.39 is 0 Å². The summed E-state index contributed by atoms with van der Waals surface area (Å²) in [4.78, 5) is 0. The summed E-state index contributed by atoms with van der Waals surface area (Å²) < 4.78 is 0. The molecule has 0 aromatic rings. The quantitative estimate of drug-likeness (QED) is 0.495. The first-order valence-corrected chi connectivity index (χ1v) is 5.40. The molecule has 5 atom stereocenters. The fourth-order valence-electron chi connectivity index (χ4n) is 4.87. The minimum Gasteiger partial charge on any atom is -0.0499 e. The molecule has 0 aliphatic heterocycles. The molecular weight excluding hydrogens is 132 g/mol. The Bertz CT molecular complexity index is 220. The first kappa shape index (κ1) is 5.61. The summed E-state index contributed by atoms with van der Waals surface area (Å²) in [6.07, 6.45) is 9.72. The third-order valence-electron chi connectivity index (χ3n) is 5.49. The monoisotopic (exact) mass is 148 g/mol. The molecule has 4 rings (SSSR count). The largest absolute Gasteiger partial charge is 0.0499 e. The zero-order valence-corrected chi connectivity index (χ0v) is 7.05. The number of hydrogen-bond acceptors (Lipinski definition) is 0. The first-order valence-electron chi connectivity index (χ1n) is 5.40. The van der Waals surface area contributed by atoms with Gasteiger partial charge in [0.1, 0.15) is 0 Å². The fourth-order valence-corrected chi connectivity index (χ4v) is 4.87. The van der Waals surface area contributed by atoms with E-state index in [2.05, 4.69) is 0 Å². The highest BCUT2D eigenvalue weighted by molar-refractivity contribution is 5.20. The Kier molecular flexibility index (Phi) is 0.717. The minimum absolute atomic E-state index is 0.990. The summed E-state index contributed by atoms with van der Waals surface area (Å²) in [5.41, 5.74) is 0.990. The van der Waals surface area contributed by atoms with Gasteiger partial charge in [-0.3, -0.25) is 0 Å². The molecular formula is C11H16. The molecule has 0 nitrogen and oxygen atoms in total. The summed E-state index contributed by atoms with van der Waals surface area (Å²) in [6.45, 7) is 0. The third kappa shape index (κ3) is 0.443. The summed E-state index contributed by atoms with van der Waals surface area (Å²) in [6, 6.07) is 0. The Morgan fingerprint density at radius 2 is 1.73 bits per heavy atom. The van der Waals surface area contributed by atoms with Crippen molar-refractivity contribution in [3.8, 4) is 0 Å². The highest BCUT2D eigenvalue weighted by atomic mass is 14.8. The van der Waals surface area contributed by atoms with Crippen LogP contribution in [0.5, 0.6) is 0 Å². The molecule has 5 unspecified atom stereocenters. The van der Waals surface area contributed by atoms with Crippen molar-refractivity contribution in [2.24, 2.45) is 29.1 Å². The maximum absolute atomic E-state index is 1.65. The van der Waals surface area contributed by atoms with E-state index in [9.17, 15) is 0 Å². The molecule has 4 saturated carbocycles. The van der Waals surface area contributed by atoms with Crippen molar-refractivity contribution in [2.75, 3.05) is 0 Å². The van der Waals surface area contributed by atoms with Gasteiger partial charge in [-0.2, -0.15) is 0 Å². The van der Waals surface area contributed by atoms with Gasteiger partial charge in [-0.25, -0.2) is 0 Å². The first-order chi connectivity index (χ1) is 5.40. The molecule has 0 amide bonds. The second-order valence-electron chi connectivity index (χ2n) is 5.52. The van der Waals surface area contributed by atoms with Gasteiger partial charge in [-0.1, -0.05) is 0 Å². The van der Waals surface area contributed by atoms with Crippen LogP contribution in [0.4, 0.5) is 0 Å². The van der Waals surface area contributed by atoms with Crippen LogP contribution in [0.15, 0.2) is 0 Å². The van der Waals surface area contributed by atoms with E-state index in [1.807, 2.05) is 0 Å². The zero-order chi connectivity index (χ0) is 7.05. The van der Waals surface area contributed by atoms with Crippen LogP contribution < -0.4 is 0 Å². The van der Waals surface area contributed by atoms with Crippen molar-refractivity contribution < 1.29 is 0 Å². The van der Waals surface area contributed by atoms with Crippen molar-refractivity contribution >= 4 is 0 Å². The lowest BCUT2D eigenvalue weighted by atomic mass is 9.59. The van der Waals surface area contributed by atoms with Crippen molar-refractivity contribution in [3.63, 3.8) is 0 Å². The van der Waals surface area contributed by atoms with E-state index in [0.717, 1.165) is 5.41 Å². The van der Waals surface area contributed by atoms with Crippen LogP contribution in [0, 0.1) is 29.1 Å². The second kappa shape index (κ2) is 1.41. The number of rotatable bonds is 0. The topological polar surface area (TPSA) is 0 Å². The van der Waals surface area contributed by atoms with Gasteiger partial charge < -0.3 is 0 Å². The van der Waals surface area contributed by atoms with Crippen molar-refractivity contribution in [1.29, 1.82) is 0 Å². The summed E-state index contributed by atoms with van der Waals surface area (Å²) in [7, 11) is 0. The molecule has 0 N–H and O–H groups in total. The Balaban J connectivity index is 1.81. The van der Waals surface area contributed by atoms with Crippen LogP contribution in [-0.2, 0) is 0 Å². The third-order valence-corrected chi connectivity index (χ3v) is 5.49. The molecule has 0 aromatic carbocycles. The molecule has 0 radical (unpaired) electrons. The summed E-state index contributed by atoms with van der Waals surface area (Å²) in [5, 5.41) is 0. The minimum atomic E-state index is 0.990. The molecule has 2 bridgehead atoms. The fraction of sp³-hybridized carbons (Fsp3) is 1.00. The van der Waals surface area contributed by atoms with E-state index in [0.29, 0.717) is 0 Å². The molecule has 4 aliphatic rings. The van der Waals surface area contributed by atoms with Gasteiger partial charge in [-0.15, -0.1) is 0 Å². The average Bonchev–Trinajstić information content (AvgIpc) is 2.61. The highest BCUT2D eigenvalue weighted by Gasteiger charge is 2.70. The second-order valence-corrected chi connectivity index (χ2v) is 5.52. The molecule has 0 aromatic heterocycles. The van der Waals surface area contributed by atoms with E-state index in [1.54, 1.807) is 38.5 Å². The lowest BCUT2D eigenvalue weighted by molar-refractivity contribution is 0.0347. The van der Waals surface area contributed by atoms with Crippen LogP contribution in [-0.4, -0.2) is 0 Å². The predicted octanol–water partition coefficient (Wildman–Crippen LogP) is 2.83. The normalized spacial score (nSPS) is 69.8. The number of fused-ring (bicyclic) bond motifs is 4. The predicted molar refractivity (Wildman–Crippen MR) is 44.1 cm³/mol. The Morgan fingerprint density at radius 1 is 0.909 bits per heavy atom. The standard InChI is InChI=1S/C11H16/c1-2-8-5-7(1)9-3-4-11(9)6-10(8)11/h7-10H,1-6H2. The van der Waals surface area contributed by atoms with Gasteiger partial charge in [0.05, 0.1) is 0 Å². The van der Waals surface area contributed by atoms with E-state index >= 15 is 0 Å². The SMILES string of the molecule is C1CC2CC1C1CCC13CC23. The van der Waals surface area contributed by atoms with Crippen LogP contribution in [0.2, 0.25) is 0 Å². The Labute approximate surface area is 68.4 Å². The molecule has 0 saturated heterocycles. The molecule has 60 valence electrons. The molecule has 4 aliphatic carbocycles. The molecule has 4 fully saturated rings. The Hall–Kier alpha value is 0. The maximum Gasteiger partial charge on any atom is -0.0232 e. The van der Waals surface area contributed by atoms with Crippen molar-refractivity contribution in [2.45, 2.75) is 38.5 Å². The Morgan fingerprint density at radius 3 is 2.45 bits per heavy atom. The van der Waals surface area contributed by atoms with Crippen LogP contribution >= 0.6 is 0 Å². The van der Waals surface area contributed by atoms with Crippen LogP contribution in [0.1, 0.15) is 38.5 Å². The molecule has 0 heteroatoms. The number of hydrogen-bond donors (Lipinski definition) is 0. The van der Waals surface area contributed by atoms with Crippen molar-refractivity contribution in [1.82, 2.24) is 0 Å².